The van der Waals surface area contributed by atoms with Gasteiger partial charge in [0.1, 0.15) is 16.4 Å². The van der Waals surface area contributed by atoms with Crippen molar-refractivity contribution in [3.8, 4) is 23.0 Å². The second-order valence-corrected chi connectivity index (χ2v) is 9.00. The van der Waals surface area contributed by atoms with E-state index in [0.29, 0.717) is 39.5 Å². The van der Waals surface area contributed by atoms with Crippen molar-refractivity contribution in [1.82, 2.24) is 24.1 Å². The molecule has 0 saturated carbocycles. The van der Waals surface area contributed by atoms with Crippen molar-refractivity contribution in [3.63, 3.8) is 0 Å². The van der Waals surface area contributed by atoms with Gasteiger partial charge in [-0.2, -0.15) is 22.0 Å². The standard InChI is InChI=1S/C21H21ClF5N5S/c1-6-33-19-16(30-17(32(19)5)14-8-7-13(22)10-28-14)18-29-15(12(3)31(18)4)9-11(2)20(23,24)21(25,26)27/h7-10H,6H2,1-5H3/b11-9+. The highest BCUT2D eigenvalue weighted by molar-refractivity contribution is 7.99. The normalized spacial score (nSPS) is 13.1. The Morgan fingerprint density at radius 2 is 1.76 bits per heavy atom. The van der Waals surface area contributed by atoms with Gasteiger partial charge in [-0.3, -0.25) is 4.98 Å². The third-order valence-corrected chi connectivity index (χ3v) is 6.37. The van der Waals surface area contributed by atoms with Gasteiger partial charge in [-0.1, -0.05) is 18.5 Å². The molecule has 178 valence electrons. The lowest BCUT2D eigenvalue weighted by molar-refractivity contribution is -0.263. The van der Waals surface area contributed by atoms with E-state index in [9.17, 15) is 22.0 Å². The van der Waals surface area contributed by atoms with Gasteiger partial charge in [-0.15, -0.1) is 11.8 Å². The van der Waals surface area contributed by atoms with E-state index in [2.05, 4.69) is 15.0 Å². The fourth-order valence-electron chi connectivity index (χ4n) is 3.14. The van der Waals surface area contributed by atoms with Gasteiger partial charge in [0, 0.05) is 31.6 Å². The van der Waals surface area contributed by atoms with Gasteiger partial charge in [-0.25, -0.2) is 9.97 Å². The molecule has 0 bridgehead atoms. The number of aromatic nitrogens is 5. The maximum atomic E-state index is 13.7. The van der Waals surface area contributed by atoms with Crippen molar-refractivity contribution < 1.29 is 22.0 Å². The van der Waals surface area contributed by atoms with Crippen LogP contribution in [-0.4, -0.2) is 41.9 Å². The predicted molar refractivity (Wildman–Crippen MR) is 119 cm³/mol. The minimum absolute atomic E-state index is 0.0122. The van der Waals surface area contributed by atoms with Crippen molar-refractivity contribution in [2.45, 2.75) is 37.9 Å². The van der Waals surface area contributed by atoms with Gasteiger partial charge < -0.3 is 9.13 Å². The smallest absolute Gasteiger partial charge is 0.329 e. The molecular formula is C21H21ClF5N5S. The number of rotatable bonds is 6. The Hall–Kier alpha value is -2.40. The van der Waals surface area contributed by atoms with E-state index < -0.39 is 17.7 Å². The summed E-state index contributed by atoms with van der Waals surface area (Å²) in [6, 6.07) is 3.40. The van der Waals surface area contributed by atoms with E-state index in [-0.39, 0.29) is 5.69 Å². The average molecular weight is 506 g/mol. The van der Waals surface area contributed by atoms with Crippen LogP contribution in [-0.2, 0) is 14.1 Å². The number of nitrogens with zero attached hydrogens (tertiary/aromatic N) is 5. The molecule has 0 unspecified atom stereocenters. The molecule has 0 aliphatic rings. The Balaban J connectivity index is 2.15. The Labute approximate surface area is 196 Å². The molecule has 33 heavy (non-hydrogen) atoms. The molecule has 12 heteroatoms. The van der Waals surface area contributed by atoms with E-state index in [1.807, 2.05) is 18.5 Å². The first kappa shape index (κ1) is 25.2. The molecule has 3 aromatic heterocycles. The lowest BCUT2D eigenvalue weighted by Crippen LogP contribution is -2.37. The molecule has 5 nitrogen and oxygen atoms in total. The number of alkyl halides is 5. The summed E-state index contributed by atoms with van der Waals surface area (Å²) in [6.07, 6.45) is -3.43. The van der Waals surface area contributed by atoms with Gasteiger partial charge in [0.25, 0.3) is 0 Å². The number of allylic oxidation sites excluding steroid dienone is 1. The molecule has 0 saturated heterocycles. The number of pyridine rings is 1. The second-order valence-electron chi connectivity index (χ2n) is 7.31. The van der Waals surface area contributed by atoms with E-state index in [1.54, 1.807) is 30.7 Å². The molecule has 0 aliphatic heterocycles. The molecular weight excluding hydrogens is 485 g/mol. The second kappa shape index (κ2) is 9.09. The quantitative estimate of drug-likeness (QED) is 0.281. The van der Waals surface area contributed by atoms with Crippen molar-refractivity contribution in [2.75, 3.05) is 5.75 Å². The van der Waals surface area contributed by atoms with Crippen LogP contribution in [0.25, 0.3) is 29.1 Å². The average Bonchev–Trinajstić information content (AvgIpc) is 3.19. The summed E-state index contributed by atoms with van der Waals surface area (Å²) in [5.41, 5.74) is 0.335. The molecule has 3 aromatic rings. The van der Waals surface area contributed by atoms with Gasteiger partial charge in [0.2, 0.25) is 0 Å². The zero-order valence-corrected chi connectivity index (χ0v) is 20.0. The van der Waals surface area contributed by atoms with Crippen LogP contribution in [0, 0.1) is 6.92 Å². The Bertz CT molecular complexity index is 1200. The van der Waals surface area contributed by atoms with Crippen LogP contribution < -0.4 is 0 Å². The SMILES string of the molecule is CCSc1c(-c2nc(/C=C(\C)C(F)(F)C(F)(F)F)c(C)n2C)nc(-c2ccc(Cl)cn2)n1C. The van der Waals surface area contributed by atoms with Crippen LogP contribution in [0.3, 0.4) is 0 Å². The number of hydrogen-bond donors (Lipinski definition) is 0. The maximum absolute atomic E-state index is 13.7. The Kier molecular flexibility index (Phi) is 6.95. The number of halogens is 6. The van der Waals surface area contributed by atoms with E-state index in [4.69, 9.17) is 11.6 Å². The molecule has 0 amide bonds. The summed E-state index contributed by atoms with van der Waals surface area (Å²) in [4.78, 5) is 13.4. The highest BCUT2D eigenvalue weighted by atomic mass is 35.5. The summed E-state index contributed by atoms with van der Waals surface area (Å²) >= 11 is 7.42. The van der Waals surface area contributed by atoms with Gasteiger partial charge >= 0.3 is 12.1 Å². The number of hydrogen-bond acceptors (Lipinski definition) is 4. The molecule has 0 radical (unpaired) electrons. The zero-order chi connectivity index (χ0) is 24.7. The van der Waals surface area contributed by atoms with Crippen LogP contribution in [0.1, 0.15) is 25.2 Å². The highest BCUT2D eigenvalue weighted by Gasteiger charge is 2.58. The molecule has 0 fully saturated rings. The summed E-state index contributed by atoms with van der Waals surface area (Å²) in [7, 11) is 3.46. The summed E-state index contributed by atoms with van der Waals surface area (Å²) in [6.45, 7) is 4.30. The minimum atomic E-state index is -5.69. The molecule has 0 N–H and O–H groups in total. The molecule has 0 aliphatic carbocycles. The summed E-state index contributed by atoms with van der Waals surface area (Å²) < 4.78 is 69.2. The van der Waals surface area contributed by atoms with Gasteiger partial charge in [-0.05, 0) is 37.8 Å². The van der Waals surface area contributed by atoms with Gasteiger partial charge in [0.05, 0.1) is 10.7 Å². The third-order valence-electron chi connectivity index (χ3n) is 5.11. The Morgan fingerprint density at radius 3 is 2.30 bits per heavy atom. The van der Waals surface area contributed by atoms with Crippen molar-refractivity contribution in [3.05, 3.63) is 40.3 Å². The van der Waals surface area contributed by atoms with Crippen LogP contribution in [0.15, 0.2) is 28.9 Å². The molecule has 0 spiro atoms. The lowest BCUT2D eigenvalue weighted by atomic mass is 10.1. The molecule has 0 aromatic carbocycles. The predicted octanol–water partition coefficient (Wildman–Crippen LogP) is 6.56. The third kappa shape index (κ3) is 4.65. The van der Waals surface area contributed by atoms with Crippen molar-refractivity contribution in [1.29, 1.82) is 0 Å². The topological polar surface area (TPSA) is 48.5 Å². The van der Waals surface area contributed by atoms with Crippen LogP contribution >= 0.6 is 23.4 Å². The first-order valence-electron chi connectivity index (χ1n) is 9.78. The lowest BCUT2D eigenvalue weighted by Gasteiger charge is -2.20. The summed E-state index contributed by atoms with van der Waals surface area (Å²) in [5.74, 6) is -3.37. The summed E-state index contributed by atoms with van der Waals surface area (Å²) in [5, 5.41) is 1.23. The fraction of sp³-hybridized carbons (Fsp3) is 0.381. The monoisotopic (exact) mass is 505 g/mol. The van der Waals surface area contributed by atoms with Crippen molar-refractivity contribution >= 4 is 29.4 Å². The van der Waals surface area contributed by atoms with Crippen LogP contribution in [0.2, 0.25) is 5.02 Å². The van der Waals surface area contributed by atoms with Crippen molar-refractivity contribution in [2.24, 2.45) is 14.1 Å². The molecule has 3 rings (SSSR count). The first-order chi connectivity index (χ1) is 15.3. The first-order valence-corrected chi connectivity index (χ1v) is 11.1. The van der Waals surface area contributed by atoms with E-state index in [1.165, 1.54) is 18.0 Å². The number of thioether (sulfide) groups is 1. The zero-order valence-electron chi connectivity index (χ0n) is 18.4. The fourth-order valence-corrected chi connectivity index (χ4v) is 4.08. The molecule has 0 atom stereocenters. The highest BCUT2D eigenvalue weighted by Crippen LogP contribution is 2.42. The van der Waals surface area contributed by atoms with E-state index in [0.717, 1.165) is 18.0 Å². The van der Waals surface area contributed by atoms with Gasteiger partial charge in [0.15, 0.2) is 11.6 Å². The largest absolute Gasteiger partial charge is 0.457 e. The Morgan fingerprint density at radius 1 is 1.09 bits per heavy atom. The van der Waals surface area contributed by atoms with E-state index >= 15 is 0 Å². The van der Waals surface area contributed by atoms with Crippen LogP contribution in [0.4, 0.5) is 22.0 Å². The minimum Gasteiger partial charge on any atom is -0.329 e. The number of imidazole rings is 2. The molecule has 3 heterocycles. The maximum Gasteiger partial charge on any atom is 0.457 e. The van der Waals surface area contributed by atoms with Crippen LogP contribution in [0.5, 0.6) is 0 Å².